The standard InChI is InChI=1S/C16H13FINOS/c17-11-3-6-15-13(9-11)14(7-8-21-15)19-16(20)10-1-4-12(18)5-2-10/h1-6,9,14H,7-8H2,(H,19,20). The number of amides is 1. The molecule has 0 bridgehead atoms. The number of nitrogens with one attached hydrogen (secondary N) is 1. The number of benzene rings is 2. The largest absolute Gasteiger partial charge is 0.345 e. The first-order valence-corrected chi connectivity index (χ1v) is 8.68. The Morgan fingerprint density at radius 2 is 2.00 bits per heavy atom. The zero-order valence-corrected chi connectivity index (χ0v) is 14.1. The van der Waals surface area contributed by atoms with Crippen molar-refractivity contribution in [2.75, 3.05) is 5.75 Å². The van der Waals surface area contributed by atoms with Crippen molar-refractivity contribution in [3.05, 3.63) is 63.0 Å². The summed E-state index contributed by atoms with van der Waals surface area (Å²) in [6, 6.07) is 12.1. The van der Waals surface area contributed by atoms with E-state index in [1.54, 1.807) is 30.0 Å². The van der Waals surface area contributed by atoms with Crippen LogP contribution in [0.2, 0.25) is 0 Å². The van der Waals surface area contributed by atoms with Gasteiger partial charge in [0.05, 0.1) is 6.04 Å². The first-order chi connectivity index (χ1) is 10.1. The van der Waals surface area contributed by atoms with E-state index in [2.05, 4.69) is 27.9 Å². The normalized spacial score (nSPS) is 17.1. The van der Waals surface area contributed by atoms with Gasteiger partial charge in [-0.25, -0.2) is 4.39 Å². The lowest BCUT2D eigenvalue weighted by Gasteiger charge is -2.26. The minimum absolute atomic E-state index is 0.112. The van der Waals surface area contributed by atoms with Gasteiger partial charge in [0.1, 0.15) is 5.82 Å². The highest BCUT2D eigenvalue weighted by atomic mass is 127. The number of thioether (sulfide) groups is 1. The van der Waals surface area contributed by atoms with Crippen molar-refractivity contribution >= 4 is 40.3 Å². The summed E-state index contributed by atoms with van der Waals surface area (Å²) in [5.41, 5.74) is 1.51. The minimum Gasteiger partial charge on any atom is -0.345 e. The quantitative estimate of drug-likeness (QED) is 0.740. The molecule has 0 aromatic heterocycles. The molecule has 0 saturated carbocycles. The van der Waals surface area contributed by atoms with Crippen molar-refractivity contribution in [2.24, 2.45) is 0 Å². The average Bonchev–Trinajstić information content (AvgIpc) is 2.48. The maximum Gasteiger partial charge on any atom is 0.251 e. The van der Waals surface area contributed by atoms with E-state index < -0.39 is 0 Å². The Morgan fingerprint density at radius 3 is 2.76 bits per heavy atom. The zero-order chi connectivity index (χ0) is 14.8. The van der Waals surface area contributed by atoms with Crippen molar-refractivity contribution in [1.29, 1.82) is 0 Å². The molecular formula is C16H13FINOS. The summed E-state index contributed by atoms with van der Waals surface area (Å²) in [4.78, 5) is 13.4. The molecule has 3 rings (SSSR count). The second kappa shape index (κ2) is 6.36. The number of rotatable bonds is 2. The van der Waals surface area contributed by atoms with Crippen LogP contribution < -0.4 is 5.32 Å². The Morgan fingerprint density at radius 1 is 1.24 bits per heavy atom. The molecular weight excluding hydrogens is 400 g/mol. The first kappa shape index (κ1) is 14.8. The maximum absolute atomic E-state index is 13.4. The second-order valence-electron chi connectivity index (χ2n) is 4.85. The number of halogens is 2. The molecule has 1 unspecified atom stereocenters. The van der Waals surface area contributed by atoms with E-state index in [1.807, 2.05) is 12.1 Å². The van der Waals surface area contributed by atoms with Crippen LogP contribution in [0.25, 0.3) is 0 Å². The van der Waals surface area contributed by atoms with Crippen molar-refractivity contribution < 1.29 is 9.18 Å². The fourth-order valence-corrected chi connectivity index (χ4v) is 3.82. The van der Waals surface area contributed by atoms with Gasteiger partial charge in [-0.15, -0.1) is 11.8 Å². The highest BCUT2D eigenvalue weighted by Crippen LogP contribution is 2.36. The number of hydrogen-bond acceptors (Lipinski definition) is 2. The smallest absolute Gasteiger partial charge is 0.251 e. The predicted octanol–water partition coefficient (Wildman–Crippen LogP) is 4.40. The van der Waals surface area contributed by atoms with Crippen molar-refractivity contribution in [1.82, 2.24) is 5.32 Å². The minimum atomic E-state index is -0.259. The van der Waals surface area contributed by atoms with Crippen LogP contribution >= 0.6 is 34.4 Å². The topological polar surface area (TPSA) is 29.1 Å². The maximum atomic E-state index is 13.4. The molecule has 1 heterocycles. The third-order valence-electron chi connectivity index (χ3n) is 3.42. The van der Waals surface area contributed by atoms with Crippen LogP contribution in [0.3, 0.4) is 0 Å². The Bertz CT molecular complexity index is 674. The summed E-state index contributed by atoms with van der Waals surface area (Å²) in [5.74, 6) is 0.555. The van der Waals surface area contributed by atoms with E-state index in [0.717, 1.165) is 26.2 Å². The van der Waals surface area contributed by atoms with Crippen LogP contribution in [0.4, 0.5) is 4.39 Å². The third kappa shape index (κ3) is 3.40. The second-order valence-corrected chi connectivity index (χ2v) is 7.23. The number of hydrogen-bond donors (Lipinski definition) is 1. The van der Waals surface area contributed by atoms with Crippen LogP contribution in [0.15, 0.2) is 47.4 Å². The van der Waals surface area contributed by atoms with Gasteiger partial charge in [-0.05, 0) is 77.0 Å². The summed E-state index contributed by atoms with van der Waals surface area (Å²) in [7, 11) is 0. The fraction of sp³-hybridized carbons (Fsp3) is 0.188. The van der Waals surface area contributed by atoms with Gasteiger partial charge in [0.15, 0.2) is 0 Å². The van der Waals surface area contributed by atoms with Crippen LogP contribution in [0.5, 0.6) is 0 Å². The number of carbonyl (C=O) groups excluding carboxylic acids is 1. The van der Waals surface area contributed by atoms with Crippen LogP contribution in [-0.4, -0.2) is 11.7 Å². The lowest BCUT2D eigenvalue weighted by molar-refractivity contribution is 0.0935. The van der Waals surface area contributed by atoms with E-state index in [4.69, 9.17) is 0 Å². The summed E-state index contributed by atoms with van der Waals surface area (Å²) >= 11 is 3.91. The molecule has 1 aliphatic rings. The average molecular weight is 413 g/mol. The Kier molecular flexibility index (Phi) is 4.49. The van der Waals surface area contributed by atoms with Gasteiger partial charge in [-0.3, -0.25) is 4.79 Å². The van der Waals surface area contributed by atoms with E-state index >= 15 is 0 Å². The van der Waals surface area contributed by atoms with Gasteiger partial charge in [0.2, 0.25) is 0 Å². The molecule has 5 heteroatoms. The van der Waals surface area contributed by atoms with Gasteiger partial charge < -0.3 is 5.32 Å². The van der Waals surface area contributed by atoms with Crippen molar-refractivity contribution in [3.8, 4) is 0 Å². The third-order valence-corrected chi connectivity index (χ3v) is 5.26. The molecule has 0 aliphatic carbocycles. The molecule has 2 aromatic rings. The Balaban J connectivity index is 1.81. The predicted molar refractivity (Wildman–Crippen MR) is 91.1 cm³/mol. The molecule has 1 amide bonds. The molecule has 0 saturated heterocycles. The molecule has 2 nitrogen and oxygen atoms in total. The number of carbonyl (C=O) groups is 1. The van der Waals surface area contributed by atoms with E-state index in [9.17, 15) is 9.18 Å². The molecule has 0 spiro atoms. The molecule has 21 heavy (non-hydrogen) atoms. The summed E-state index contributed by atoms with van der Waals surface area (Å²) in [5, 5.41) is 3.02. The Labute approximate surface area is 140 Å². The van der Waals surface area contributed by atoms with Gasteiger partial charge in [0.25, 0.3) is 5.91 Å². The molecule has 0 radical (unpaired) electrons. The zero-order valence-electron chi connectivity index (χ0n) is 11.1. The fourth-order valence-electron chi connectivity index (χ4n) is 2.36. The summed E-state index contributed by atoms with van der Waals surface area (Å²) in [6.07, 6.45) is 0.817. The van der Waals surface area contributed by atoms with E-state index in [-0.39, 0.29) is 17.8 Å². The Hall–Kier alpha value is -1.08. The monoisotopic (exact) mass is 413 g/mol. The van der Waals surface area contributed by atoms with Gasteiger partial charge in [-0.2, -0.15) is 0 Å². The van der Waals surface area contributed by atoms with Gasteiger partial charge in [0, 0.05) is 19.8 Å². The van der Waals surface area contributed by atoms with Crippen LogP contribution in [0.1, 0.15) is 28.4 Å². The van der Waals surface area contributed by atoms with Gasteiger partial charge >= 0.3 is 0 Å². The molecule has 0 fully saturated rings. The van der Waals surface area contributed by atoms with Crippen molar-refractivity contribution in [2.45, 2.75) is 17.4 Å². The van der Waals surface area contributed by atoms with Crippen LogP contribution in [-0.2, 0) is 0 Å². The molecule has 1 atom stereocenters. The number of fused-ring (bicyclic) bond motifs is 1. The molecule has 1 N–H and O–H groups in total. The summed E-state index contributed by atoms with van der Waals surface area (Å²) in [6.45, 7) is 0. The SMILES string of the molecule is O=C(NC1CCSc2ccc(F)cc21)c1ccc(I)cc1. The molecule has 1 aliphatic heterocycles. The highest BCUT2D eigenvalue weighted by Gasteiger charge is 2.23. The van der Waals surface area contributed by atoms with Crippen LogP contribution in [0, 0.1) is 9.39 Å². The van der Waals surface area contributed by atoms with E-state index in [0.29, 0.717) is 5.56 Å². The molecule has 2 aromatic carbocycles. The lowest BCUT2D eigenvalue weighted by atomic mass is 10.0. The van der Waals surface area contributed by atoms with E-state index in [1.165, 1.54) is 12.1 Å². The lowest BCUT2D eigenvalue weighted by Crippen LogP contribution is -2.30. The highest BCUT2D eigenvalue weighted by molar-refractivity contribution is 14.1. The summed E-state index contributed by atoms with van der Waals surface area (Å²) < 4.78 is 14.5. The first-order valence-electron chi connectivity index (χ1n) is 6.62. The molecule has 108 valence electrons. The van der Waals surface area contributed by atoms with Crippen molar-refractivity contribution in [3.63, 3.8) is 0 Å². The van der Waals surface area contributed by atoms with Gasteiger partial charge in [-0.1, -0.05) is 0 Å².